The van der Waals surface area contributed by atoms with Gasteiger partial charge in [-0.15, -0.1) is 0 Å². The van der Waals surface area contributed by atoms with Crippen LogP contribution in [0.1, 0.15) is 11.1 Å². The number of rotatable bonds is 4. The van der Waals surface area contributed by atoms with Gasteiger partial charge in [0.05, 0.1) is 10.6 Å². The highest BCUT2D eigenvalue weighted by Crippen LogP contribution is 2.29. The van der Waals surface area contributed by atoms with E-state index in [2.05, 4.69) is 4.72 Å². The van der Waals surface area contributed by atoms with E-state index < -0.39 is 20.6 Å². The fourth-order valence-corrected chi connectivity index (χ4v) is 3.62. The zero-order valence-electron chi connectivity index (χ0n) is 11.8. The molecule has 0 aliphatic rings. The van der Waals surface area contributed by atoms with Gasteiger partial charge in [0.15, 0.2) is 4.90 Å². The van der Waals surface area contributed by atoms with Crippen molar-refractivity contribution in [2.45, 2.75) is 18.7 Å². The quantitative estimate of drug-likeness (QED) is 0.679. The molecule has 0 radical (unpaired) electrons. The Hall–Kier alpha value is -2.12. The van der Waals surface area contributed by atoms with E-state index in [1.54, 1.807) is 19.1 Å². The van der Waals surface area contributed by atoms with Gasteiger partial charge < -0.3 is 0 Å². The summed E-state index contributed by atoms with van der Waals surface area (Å²) < 4.78 is 27.3. The zero-order valence-corrected chi connectivity index (χ0v) is 13.4. The van der Waals surface area contributed by atoms with Crippen LogP contribution in [0.5, 0.6) is 0 Å². The van der Waals surface area contributed by atoms with Crippen LogP contribution < -0.4 is 4.72 Å². The highest BCUT2D eigenvalue weighted by molar-refractivity contribution is 7.93. The molecule has 2 rings (SSSR count). The molecule has 0 aliphatic heterocycles. The molecule has 0 aromatic heterocycles. The Morgan fingerprint density at radius 1 is 1.14 bits per heavy atom. The molecule has 0 aliphatic carbocycles. The molecule has 0 saturated heterocycles. The Labute approximate surface area is 132 Å². The average molecular weight is 341 g/mol. The van der Waals surface area contributed by atoms with E-state index in [-0.39, 0.29) is 10.6 Å². The first-order valence-corrected chi connectivity index (χ1v) is 8.11. The number of hydrogen-bond acceptors (Lipinski definition) is 4. The number of benzene rings is 2. The van der Waals surface area contributed by atoms with Gasteiger partial charge in [-0.1, -0.05) is 29.8 Å². The van der Waals surface area contributed by atoms with Crippen LogP contribution in [0.2, 0.25) is 5.02 Å². The smallest absolute Gasteiger partial charge is 0.279 e. The Kier molecular flexibility index (Phi) is 4.39. The first kappa shape index (κ1) is 16.3. The highest BCUT2D eigenvalue weighted by atomic mass is 35.5. The van der Waals surface area contributed by atoms with Crippen LogP contribution in [0, 0.1) is 24.0 Å². The minimum Gasteiger partial charge on any atom is -0.279 e. The first-order chi connectivity index (χ1) is 10.2. The summed E-state index contributed by atoms with van der Waals surface area (Å²) in [4.78, 5) is 10.00. The summed E-state index contributed by atoms with van der Waals surface area (Å²) in [6, 6.07) is 8.76. The lowest BCUT2D eigenvalue weighted by Gasteiger charge is -2.11. The number of nitrogens with zero attached hydrogens (tertiary/aromatic N) is 1. The fourth-order valence-electron chi connectivity index (χ4n) is 1.99. The normalized spacial score (nSPS) is 11.2. The highest BCUT2D eigenvalue weighted by Gasteiger charge is 2.27. The third-order valence-corrected chi connectivity index (χ3v) is 5.06. The Morgan fingerprint density at radius 3 is 2.41 bits per heavy atom. The molecule has 2 aromatic carbocycles. The summed E-state index contributed by atoms with van der Waals surface area (Å²) in [5, 5.41) is 11.5. The molecule has 8 heteroatoms. The molecule has 0 atom stereocenters. The molecule has 1 N–H and O–H groups in total. The molecule has 2 aromatic rings. The van der Waals surface area contributed by atoms with Crippen molar-refractivity contribution in [1.29, 1.82) is 0 Å². The van der Waals surface area contributed by atoms with Gasteiger partial charge in [-0.2, -0.15) is 0 Å². The Morgan fingerprint density at radius 2 is 1.82 bits per heavy atom. The molecule has 0 fully saturated rings. The van der Waals surface area contributed by atoms with Crippen molar-refractivity contribution in [3.05, 3.63) is 62.7 Å². The van der Waals surface area contributed by atoms with Crippen LogP contribution in [0.3, 0.4) is 0 Å². The van der Waals surface area contributed by atoms with Gasteiger partial charge in [0.1, 0.15) is 0 Å². The van der Waals surface area contributed by atoms with Crippen LogP contribution >= 0.6 is 11.6 Å². The van der Waals surface area contributed by atoms with E-state index in [0.29, 0.717) is 10.6 Å². The molecule has 116 valence electrons. The van der Waals surface area contributed by atoms with Crippen molar-refractivity contribution in [2.24, 2.45) is 0 Å². The van der Waals surface area contributed by atoms with Crippen LogP contribution in [-0.2, 0) is 10.0 Å². The van der Waals surface area contributed by atoms with Crippen molar-refractivity contribution in [1.82, 2.24) is 0 Å². The molecule has 0 saturated carbocycles. The second-order valence-corrected chi connectivity index (χ2v) is 6.78. The maximum absolute atomic E-state index is 12.5. The van der Waals surface area contributed by atoms with E-state index in [0.717, 1.165) is 11.6 Å². The van der Waals surface area contributed by atoms with Crippen LogP contribution in [0.25, 0.3) is 0 Å². The van der Waals surface area contributed by atoms with E-state index in [9.17, 15) is 18.5 Å². The van der Waals surface area contributed by atoms with Gasteiger partial charge in [-0.3, -0.25) is 14.8 Å². The minimum atomic E-state index is -4.10. The van der Waals surface area contributed by atoms with Crippen LogP contribution in [-0.4, -0.2) is 13.3 Å². The third kappa shape index (κ3) is 3.20. The number of nitrogens with one attached hydrogen (secondary N) is 1. The second-order valence-electron chi connectivity index (χ2n) is 4.75. The predicted molar refractivity (Wildman–Crippen MR) is 84.8 cm³/mol. The fraction of sp³-hybridized carbons (Fsp3) is 0.143. The third-order valence-electron chi connectivity index (χ3n) is 3.08. The van der Waals surface area contributed by atoms with Crippen molar-refractivity contribution in [2.75, 3.05) is 4.72 Å². The van der Waals surface area contributed by atoms with Gasteiger partial charge in [0.25, 0.3) is 15.7 Å². The summed E-state index contributed by atoms with van der Waals surface area (Å²) in [5.74, 6) is 0. The number of anilines is 1. The van der Waals surface area contributed by atoms with Crippen molar-refractivity contribution in [3.8, 4) is 0 Å². The zero-order chi connectivity index (χ0) is 16.5. The molecular formula is C14H13ClN2O4S. The van der Waals surface area contributed by atoms with Crippen molar-refractivity contribution in [3.63, 3.8) is 0 Å². The maximum Gasteiger partial charge on any atom is 0.290 e. The van der Waals surface area contributed by atoms with Gasteiger partial charge in [0, 0.05) is 11.1 Å². The molecule has 0 spiro atoms. The van der Waals surface area contributed by atoms with Crippen LogP contribution in [0.15, 0.2) is 41.3 Å². The summed E-state index contributed by atoms with van der Waals surface area (Å²) >= 11 is 5.96. The maximum atomic E-state index is 12.5. The lowest BCUT2D eigenvalue weighted by Crippen LogP contribution is -2.16. The van der Waals surface area contributed by atoms with E-state index >= 15 is 0 Å². The molecule has 22 heavy (non-hydrogen) atoms. The lowest BCUT2D eigenvalue weighted by molar-refractivity contribution is -0.387. The number of hydrogen-bond donors (Lipinski definition) is 1. The molecule has 6 nitrogen and oxygen atoms in total. The van der Waals surface area contributed by atoms with E-state index in [1.165, 1.54) is 25.1 Å². The Balaban J connectivity index is 2.51. The first-order valence-electron chi connectivity index (χ1n) is 6.25. The van der Waals surface area contributed by atoms with Gasteiger partial charge in [-0.05, 0) is 37.1 Å². The Bertz CT molecular complexity index is 850. The number of nitro benzene ring substituents is 1. The topological polar surface area (TPSA) is 89.3 Å². The minimum absolute atomic E-state index is 0.244. The summed E-state index contributed by atoms with van der Waals surface area (Å²) in [6.45, 7) is 3.29. The molecular weight excluding hydrogens is 328 g/mol. The number of halogens is 1. The van der Waals surface area contributed by atoms with Gasteiger partial charge in [-0.25, -0.2) is 8.42 Å². The standard InChI is InChI=1S/C14H13ClN2O4S/c1-9-6-7-11(8-12(9)15)16-22(20,21)14-10(2)4-3-5-13(14)17(18)19/h3-8,16H,1-2H3. The predicted octanol–water partition coefficient (Wildman–Crippen LogP) is 3.67. The lowest BCUT2D eigenvalue weighted by atomic mass is 10.2. The summed E-state index contributed by atoms with van der Waals surface area (Å²) in [6.07, 6.45) is 0. The number of sulfonamides is 1. The largest absolute Gasteiger partial charge is 0.290 e. The second kappa shape index (κ2) is 5.94. The van der Waals surface area contributed by atoms with E-state index in [1.807, 2.05) is 0 Å². The molecule has 0 amide bonds. The van der Waals surface area contributed by atoms with Crippen molar-refractivity contribution < 1.29 is 13.3 Å². The number of nitro groups is 1. The van der Waals surface area contributed by atoms with Crippen LogP contribution in [0.4, 0.5) is 11.4 Å². The summed E-state index contributed by atoms with van der Waals surface area (Å²) in [5.41, 5.74) is 0.866. The number of aryl methyl sites for hydroxylation is 2. The molecule has 0 bridgehead atoms. The SMILES string of the molecule is Cc1ccc(NS(=O)(=O)c2c(C)cccc2[N+](=O)[O-])cc1Cl. The van der Waals surface area contributed by atoms with Crippen molar-refractivity contribution >= 4 is 33.0 Å². The average Bonchev–Trinajstić information content (AvgIpc) is 2.42. The van der Waals surface area contributed by atoms with E-state index in [4.69, 9.17) is 11.6 Å². The molecule has 0 unspecified atom stereocenters. The molecule has 0 heterocycles. The van der Waals surface area contributed by atoms with Gasteiger partial charge >= 0.3 is 0 Å². The van der Waals surface area contributed by atoms with Gasteiger partial charge in [0.2, 0.25) is 0 Å². The summed E-state index contributed by atoms with van der Waals surface area (Å²) in [7, 11) is -4.10. The monoisotopic (exact) mass is 340 g/mol.